The lowest BCUT2D eigenvalue weighted by atomic mass is 10.1. The molecule has 1 fully saturated rings. The zero-order valence-corrected chi connectivity index (χ0v) is 12.0. The van der Waals surface area contributed by atoms with E-state index in [4.69, 9.17) is 0 Å². The summed E-state index contributed by atoms with van der Waals surface area (Å²) in [4.78, 5) is 4.10. The molecule has 2 nitrogen and oxygen atoms in total. The van der Waals surface area contributed by atoms with E-state index >= 15 is 0 Å². The third-order valence-corrected chi connectivity index (χ3v) is 4.75. The number of hydrogen-bond acceptors (Lipinski definition) is 3. The van der Waals surface area contributed by atoms with Crippen LogP contribution in [0.3, 0.4) is 0 Å². The Morgan fingerprint density at radius 2 is 2.29 bits per heavy atom. The zero-order chi connectivity index (χ0) is 12.3. The summed E-state index contributed by atoms with van der Waals surface area (Å²) in [5.74, 6) is 0. The van der Waals surface area contributed by atoms with Crippen molar-refractivity contribution in [3.63, 3.8) is 0 Å². The van der Waals surface area contributed by atoms with Crippen LogP contribution in [-0.4, -0.2) is 30.1 Å². The van der Waals surface area contributed by atoms with Crippen molar-refractivity contribution in [1.82, 2.24) is 10.2 Å². The molecule has 0 spiro atoms. The molecule has 0 amide bonds. The highest BCUT2D eigenvalue weighted by Gasteiger charge is 2.24. The van der Waals surface area contributed by atoms with Crippen LogP contribution in [0.5, 0.6) is 0 Å². The lowest BCUT2D eigenvalue weighted by molar-refractivity contribution is 0.152. The maximum absolute atomic E-state index is 3.60. The molecule has 1 aliphatic rings. The Kier molecular flexibility index (Phi) is 4.60. The molecule has 0 saturated carbocycles. The summed E-state index contributed by atoms with van der Waals surface area (Å²) in [6.45, 7) is 9.32. The van der Waals surface area contributed by atoms with Crippen molar-refractivity contribution in [1.29, 1.82) is 0 Å². The van der Waals surface area contributed by atoms with Crippen LogP contribution >= 0.6 is 11.3 Å². The van der Waals surface area contributed by atoms with Crippen LogP contribution < -0.4 is 5.32 Å². The molecule has 3 heteroatoms. The molecule has 2 atom stereocenters. The highest BCUT2D eigenvalue weighted by atomic mass is 32.1. The number of rotatable bonds is 5. The van der Waals surface area contributed by atoms with Crippen LogP contribution in [-0.2, 0) is 0 Å². The fourth-order valence-corrected chi connectivity index (χ4v) is 3.48. The van der Waals surface area contributed by atoms with E-state index in [0.29, 0.717) is 18.1 Å². The topological polar surface area (TPSA) is 15.3 Å². The van der Waals surface area contributed by atoms with Gasteiger partial charge in [0.1, 0.15) is 0 Å². The molecule has 17 heavy (non-hydrogen) atoms. The highest BCUT2D eigenvalue weighted by Crippen LogP contribution is 2.27. The van der Waals surface area contributed by atoms with Crippen LogP contribution in [0.4, 0.5) is 0 Å². The fourth-order valence-electron chi connectivity index (χ4n) is 2.68. The van der Waals surface area contributed by atoms with Crippen molar-refractivity contribution in [2.45, 2.75) is 51.7 Å². The van der Waals surface area contributed by atoms with Crippen LogP contribution in [0.25, 0.3) is 0 Å². The first-order valence-corrected chi connectivity index (χ1v) is 7.59. The molecule has 1 aromatic heterocycles. The molecule has 1 saturated heterocycles. The molecule has 2 heterocycles. The Bertz CT molecular complexity index is 315. The minimum Gasteiger partial charge on any atom is -0.313 e. The van der Waals surface area contributed by atoms with E-state index in [0.717, 1.165) is 0 Å². The summed E-state index contributed by atoms with van der Waals surface area (Å²) in [5.41, 5.74) is 0. The Morgan fingerprint density at radius 1 is 1.47 bits per heavy atom. The van der Waals surface area contributed by atoms with Gasteiger partial charge in [0.2, 0.25) is 0 Å². The lowest BCUT2D eigenvalue weighted by Crippen LogP contribution is -2.42. The Balaban J connectivity index is 2.00. The SMILES string of the molecule is CC(C)N(CC1CCCN1)C(C)c1cccs1. The summed E-state index contributed by atoms with van der Waals surface area (Å²) in [5, 5.41) is 5.78. The van der Waals surface area contributed by atoms with Crippen molar-refractivity contribution >= 4 is 11.3 Å². The molecule has 0 aliphatic carbocycles. The van der Waals surface area contributed by atoms with Crippen molar-refractivity contribution in [3.8, 4) is 0 Å². The van der Waals surface area contributed by atoms with Crippen molar-refractivity contribution < 1.29 is 0 Å². The summed E-state index contributed by atoms with van der Waals surface area (Å²) in [7, 11) is 0. The van der Waals surface area contributed by atoms with Gasteiger partial charge in [0.15, 0.2) is 0 Å². The van der Waals surface area contributed by atoms with Gasteiger partial charge in [-0.05, 0) is 51.6 Å². The normalized spacial score (nSPS) is 22.5. The predicted octanol–water partition coefficient (Wildman–Crippen LogP) is 3.27. The van der Waals surface area contributed by atoms with Gasteiger partial charge in [0.25, 0.3) is 0 Å². The lowest BCUT2D eigenvalue weighted by Gasteiger charge is -2.34. The van der Waals surface area contributed by atoms with Crippen molar-refractivity contribution in [2.24, 2.45) is 0 Å². The monoisotopic (exact) mass is 252 g/mol. The average Bonchev–Trinajstić information content (AvgIpc) is 2.97. The first kappa shape index (κ1) is 13.1. The molecule has 1 N–H and O–H groups in total. The molecule has 0 radical (unpaired) electrons. The van der Waals surface area contributed by atoms with E-state index in [1.54, 1.807) is 0 Å². The van der Waals surface area contributed by atoms with E-state index in [9.17, 15) is 0 Å². The van der Waals surface area contributed by atoms with E-state index in [1.807, 2.05) is 11.3 Å². The van der Waals surface area contributed by atoms with Crippen LogP contribution in [0.1, 0.15) is 44.5 Å². The average molecular weight is 252 g/mol. The quantitative estimate of drug-likeness (QED) is 0.865. The summed E-state index contributed by atoms with van der Waals surface area (Å²) >= 11 is 1.87. The number of hydrogen-bond donors (Lipinski definition) is 1. The number of nitrogens with one attached hydrogen (secondary N) is 1. The van der Waals surface area contributed by atoms with Gasteiger partial charge in [-0.15, -0.1) is 11.3 Å². The molecule has 0 aromatic carbocycles. The molecular weight excluding hydrogens is 228 g/mol. The Labute approximate surface area is 109 Å². The van der Waals surface area contributed by atoms with E-state index in [2.05, 4.69) is 48.5 Å². The van der Waals surface area contributed by atoms with E-state index in [-0.39, 0.29) is 0 Å². The fraction of sp³-hybridized carbons (Fsp3) is 0.714. The molecule has 0 bridgehead atoms. The minimum absolute atomic E-state index is 0.539. The number of nitrogens with zero attached hydrogens (tertiary/aromatic N) is 1. The van der Waals surface area contributed by atoms with Gasteiger partial charge in [-0.3, -0.25) is 4.90 Å². The smallest absolute Gasteiger partial charge is 0.0416 e. The molecular formula is C14H24N2S. The number of thiophene rings is 1. The second kappa shape index (κ2) is 5.98. The molecule has 1 aromatic rings. The molecule has 2 rings (SSSR count). The maximum atomic E-state index is 3.60. The largest absolute Gasteiger partial charge is 0.313 e. The van der Waals surface area contributed by atoms with E-state index < -0.39 is 0 Å². The summed E-state index contributed by atoms with van der Waals surface area (Å²) in [6.07, 6.45) is 2.67. The zero-order valence-electron chi connectivity index (χ0n) is 11.1. The third kappa shape index (κ3) is 3.30. The van der Waals surface area contributed by atoms with E-state index in [1.165, 1.54) is 30.8 Å². The highest BCUT2D eigenvalue weighted by molar-refractivity contribution is 7.10. The van der Waals surface area contributed by atoms with Gasteiger partial charge in [-0.1, -0.05) is 6.07 Å². The molecule has 1 aliphatic heterocycles. The van der Waals surface area contributed by atoms with Gasteiger partial charge < -0.3 is 5.32 Å². The predicted molar refractivity (Wildman–Crippen MR) is 75.6 cm³/mol. The standard InChI is InChI=1S/C14H24N2S/c1-11(2)16(10-13-6-4-8-15-13)12(3)14-7-5-9-17-14/h5,7,9,11-13,15H,4,6,8,10H2,1-3H3. The minimum atomic E-state index is 0.539. The van der Waals surface area contributed by atoms with Crippen LogP contribution in [0.15, 0.2) is 17.5 Å². The van der Waals surface area contributed by atoms with Crippen LogP contribution in [0.2, 0.25) is 0 Å². The maximum Gasteiger partial charge on any atom is 0.0416 e. The Hall–Kier alpha value is -0.380. The Morgan fingerprint density at radius 3 is 2.82 bits per heavy atom. The van der Waals surface area contributed by atoms with Gasteiger partial charge in [0, 0.05) is 29.5 Å². The van der Waals surface area contributed by atoms with Crippen molar-refractivity contribution in [2.75, 3.05) is 13.1 Å². The van der Waals surface area contributed by atoms with Gasteiger partial charge in [-0.25, -0.2) is 0 Å². The second-order valence-electron chi connectivity index (χ2n) is 5.28. The van der Waals surface area contributed by atoms with Gasteiger partial charge >= 0.3 is 0 Å². The summed E-state index contributed by atoms with van der Waals surface area (Å²) < 4.78 is 0. The molecule has 2 unspecified atom stereocenters. The first-order valence-electron chi connectivity index (χ1n) is 6.71. The summed E-state index contributed by atoms with van der Waals surface area (Å²) in [6, 6.07) is 6.25. The van der Waals surface area contributed by atoms with Crippen molar-refractivity contribution in [3.05, 3.63) is 22.4 Å². The third-order valence-electron chi connectivity index (χ3n) is 3.71. The van der Waals surface area contributed by atoms with Gasteiger partial charge in [-0.2, -0.15) is 0 Å². The van der Waals surface area contributed by atoms with Gasteiger partial charge in [0.05, 0.1) is 0 Å². The second-order valence-corrected chi connectivity index (χ2v) is 6.25. The first-order chi connectivity index (χ1) is 8.18. The molecule has 96 valence electrons. The van der Waals surface area contributed by atoms with Crippen LogP contribution in [0, 0.1) is 0 Å².